The average molecular weight is 456 g/mol. The van der Waals surface area contributed by atoms with Gasteiger partial charge in [0, 0.05) is 38.8 Å². The van der Waals surface area contributed by atoms with Crippen LogP contribution in [0, 0.1) is 0 Å². The third-order valence-electron chi connectivity index (χ3n) is 5.73. The van der Waals surface area contributed by atoms with E-state index in [1.807, 2.05) is 55.8 Å². The lowest BCUT2D eigenvalue weighted by Gasteiger charge is -2.34. The first kappa shape index (κ1) is 23.1. The van der Waals surface area contributed by atoms with Crippen LogP contribution in [0.1, 0.15) is 32.0 Å². The number of carbonyl (C=O) groups is 2. The van der Waals surface area contributed by atoms with Crippen molar-refractivity contribution < 1.29 is 19.1 Å². The molecule has 4 rings (SSSR count). The second-order valence-electron chi connectivity index (χ2n) is 9.53. The lowest BCUT2D eigenvalue weighted by atomic mass is 10.2. The molecule has 178 valence electrons. The van der Waals surface area contributed by atoms with Gasteiger partial charge in [-0.25, -0.2) is 4.79 Å². The van der Waals surface area contributed by atoms with Crippen molar-refractivity contribution in [1.29, 1.82) is 0 Å². The fourth-order valence-electron chi connectivity index (χ4n) is 3.99. The highest BCUT2D eigenvalue weighted by Crippen LogP contribution is 2.22. The van der Waals surface area contributed by atoms with Crippen LogP contribution < -0.4 is 4.90 Å². The summed E-state index contributed by atoms with van der Waals surface area (Å²) < 4.78 is 12.9. The predicted molar refractivity (Wildman–Crippen MR) is 124 cm³/mol. The molecular formula is C24H33N5O4. The molecule has 2 aromatic rings. The van der Waals surface area contributed by atoms with Crippen LogP contribution in [0.5, 0.6) is 0 Å². The second kappa shape index (κ2) is 9.82. The lowest BCUT2D eigenvalue weighted by molar-refractivity contribution is -0.146. The molecular weight excluding hydrogens is 422 g/mol. The van der Waals surface area contributed by atoms with Crippen LogP contribution in [0.2, 0.25) is 0 Å². The van der Waals surface area contributed by atoms with Gasteiger partial charge in [-0.1, -0.05) is 30.3 Å². The van der Waals surface area contributed by atoms with Gasteiger partial charge in [-0.15, -0.1) is 0 Å². The molecule has 0 unspecified atom stereocenters. The number of nitrogens with zero attached hydrogens (tertiary/aromatic N) is 5. The maximum Gasteiger partial charge on any atom is 0.410 e. The standard InChI is InChI=1S/C24H33N5O4/c1-24(2,3)33-23(31)28-13-14-29-20(16-28)15-21(25-29)27-11-9-26(10-12-27)17-22(30)32-18-19-7-5-4-6-8-19/h4-8,15H,9-14,16-18H2,1-3H3. The third-order valence-corrected chi connectivity index (χ3v) is 5.73. The third kappa shape index (κ3) is 6.25. The number of carbonyl (C=O) groups excluding carboxylic acids is 2. The minimum atomic E-state index is -0.506. The predicted octanol–water partition coefficient (Wildman–Crippen LogP) is 2.50. The van der Waals surface area contributed by atoms with Crippen LogP contribution in [0.15, 0.2) is 36.4 Å². The molecule has 1 aromatic carbocycles. The fourth-order valence-corrected chi connectivity index (χ4v) is 3.99. The average Bonchev–Trinajstić information content (AvgIpc) is 3.21. The van der Waals surface area contributed by atoms with E-state index in [1.165, 1.54) is 0 Å². The number of hydrogen-bond donors (Lipinski definition) is 0. The number of hydrogen-bond acceptors (Lipinski definition) is 7. The summed E-state index contributed by atoms with van der Waals surface area (Å²) >= 11 is 0. The van der Waals surface area contributed by atoms with E-state index in [1.54, 1.807) is 4.90 Å². The Balaban J connectivity index is 1.24. The molecule has 0 spiro atoms. The maximum atomic E-state index is 12.4. The van der Waals surface area contributed by atoms with Crippen LogP contribution in [-0.4, -0.2) is 76.5 Å². The van der Waals surface area contributed by atoms with Crippen LogP contribution in [0.25, 0.3) is 0 Å². The van der Waals surface area contributed by atoms with Gasteiger partial charge in [0.15, 0.2) is 5.82 Å². The molecule has 2 aliphatic rings. The largest absolute Gasteiger partial charge is 0.460 e. The molecule has 0 N–H and O–H groups in total. The molecule has 33 heavy (non-hydrogen) atoms. The second-order valence-corrected chi connectivity index (χ2v) is 9.53. The van der Waals surface area contributed by atoms with Crippen molar-refractivity contribution in [3.63, 3.8) is 0 Å². The molecule has 2 aliphatic heterocycles. The summed E-state index contributed by atoms with van der Waals surface area (Å²) in [4.78, 5) is 30.7. The normalized spacial score (nSPS) is 16.9. The zero-order chi connectivity index (χ0) is 23.4. The zero-order valence-electron chi connectivity index (χ0n) is 19.7. The Kier molecular flexibility index (Phi) is 6.88. The smallest absolute Gasteiger partial charge is 0.410 e. The Morgan fingerprint density at radius 1 is 1.00 bits per heavy atom. The van der Waals surface area contributed by atoms with E-state index in [4.69, 9.17) is 14.6 Å². The number of ether oxygens (including phenoxy) is 2. The molecule has 0 saturated carbocycles. The molecule has 0 radical (unpaired) electrons. The first-order valence-corrected chi connectivity index (χ1v) is 11.5. The summed E-state index contributed by atoms with van der Waals surface area (Å²) in [5.74, 6) is 0.717. The maximum absolute atomic E-state index is 12.4. The van der Waals surface area contributed by atoms with E-state index in [-0.39, 0.29) is 12.1 Å². The molecule has 1 aromatic heterocycles. The van der Waals surface area contributed by atoms with E-state index in [0.717, 1.165) is 43.3 Å². The monoisotopic (exact) mass is 455 g/mol. The minimum absolute atomic E-state index is 0.202. The van der Waals surface area contributed by atoms with Gasteiger partial charge in [-0.3, -0.25) is 14.4 Å². The van der Waals surface area contributed by atoms with Gasteiger partial charge >= 0.3 is 12.1 Å². The SMILES string of the molecule is CC(C)(C)OC(=O)N1CCn2nc(N3CCN(CC(=O)OCc4ccccc4)CC3)cc2C1. The lowest BCUT2D eigenvalue weighted by Crippen LogP contribution is -2.48. The van der Waals surface area contributed by atoms with Crippen molar-refractivity contribution in [1.82, 2.24) is 19.6 Å². The molecule has 9 heteroatoms. The first-order valence-electron chi connectivity index (χ1n) is 11.5. The number of piperazine rings is 1. The summed E-state index contributed by atoms with van der Waals surface area (Å²) in [6.45, 7) is 11.1. The van der Waals surface area contributed by atoms with E-state index in [2.05, 4.69) is 15.9 Å². The number of fused-ring (bicyclic) bond motifs is 1. The van der Waals surface area contributed by atoms with Crippen LogP contribution in [0.3, 0.4) is 0 Å². The van der Waals surface area contributed by atoms with Crippen LogP contribution in [-0.2, 0) is 34.0 Å². The topological polar surface area (TPSA) is 80.1 Å². The van der Waals surface area contributed by atoms with E-state index in [0.29, 0.717) is 32.8 Å². The first-order chi connectivity index (χ1) is 15.8. The van der Waals surface area contributed by atoms with Gasteiger partial charge in [0.1, 0.15) is 12.2 Å². The molecule has 1 amide bonds. The molecule has 0 atom stereocenters. The van der Waals surface area contributed by atoms with Crippen molar-refractivity contribution >= 4 is 17.9 Å². The van der Waals surface area contributed by atoms with Crippen molar-refractivity contribution in [2.45, 2.75) is 46.1 Å². The van der Waals surface area contributed by atoms with Gasteiger partial charge in [0.05, 0.1) is 25.3 Å². The number of anilines is 1. The van der Waals surface area contributed by atoms with Gasteiger partial charge in [-0.05, 0) is 26.3 Å². The molecule has 1 fully saturated rings. The van der Waals surface area contributed by atoms with Gasteiger partial charge in [-0.2, -0.15) is 5.10 Å². The zero-order valence-corrected chi connectivity index (χ0v) is 19.7. The van der Waals surface area contributed by atoms with Crippen LogP contribution in [0.4, 0.5) is 10.6 Å². The minimum Gasteiger partial charge on any atom is -0.460 e. The van der Waals surface area contributed by atoms with Crippen molar-refractivity contribution in [3.05, 3.63) is 47.7 Å². The highest BCUT2D eigenvalue weighted by atomic mass is 16.6. The Labute approximate surface area is 194 Å². The van der Waals surface area contributed by atoms with Gasteiger partial charge in [0.2, 0.25) is 0 Å². The number of aromatic nitrogens is 2. The number of amides is 1. The molecule has 9 nitrogen and oxygen atoms in total. The molecule has 3 heterocycles. The quantitative estimate of drug-likeness (QED) is 0.641. The van der Waals surface area contributed by atoms with E-state index < -0.39 is 5.60 Å². The van der Waals surface area contributed by atoms with Gasteiger partial charge in [0.25, 0.3) is 0 Å². The van der Waals surface area contributed by atoms with Crippen molar-refractivity contribution in [2.75, 3.05) is 44.2 Å². The number of rotatable bonds is 5. The Hall–Kier alpha value is -3.07. The van der Waals surface area contributed by atoms with Crippen molar-refractivity contribution in [3.8, 4) is 0 Å². The molecule has 1 saturated heterocycles. The summed E-state index contributed by atoms with van der Waals surface area (Å²) in [6, 6.07) is 11.8. The summed E-state index contributed by atoms with van der Waals surface area (Å²) in [5, 5.41) is 4.75. The van der Waals surface area contributed by atoms with Crippen LogP contribution >= 0.6 is 0 Å². The Morgan fingerprint density at radius 2 is 1.73 bits per heavy atom. The number of benzene rings is 1. The fraction of sp³-hybridized carbons (Fsp3) is 0.542. The summed E-state index contributed by atoms with van der Waals surface area (Å²) in [7, 11) is 0. The highest BCUT2D eigenvalue weighted by Gasteiger charge is 2.28. The Morgan fingerprint density at radius 3 is 2.42 bits per heavy atom. The summed E-state index contributed by atoms with van der Waals surface area (Å²) in [5.41, 5.74) is 1.49. The van der Waals surface area contributed by atoms with E-state index >= 15 is 0 Å². The number of esters is 1. The highest BCUT2D eigenvalue weighted by molar-refractivity contribution is 5.71. The molecule has 0 bridgehead atoms. The van der Waals surface area contributed by atoms with E-state index in [9.17, 15) is 9.59 Å². The van der Waals surface area contributed by atoms with Crippen molar-refractivity contribution in [2.24, 2.45) is 0 Å². The Bertz CT molecular complexity index is 961. The van der Waals surface area contributed by atoms with Gasteiger partial charge < -0.3 is 19.3 Å². The summed E-state index contributed by atoms with van der Waals surface area (Å²) in [6.07, 6.45) is -0.288. The molecule has 0 aliphatic carbocycles.